The number of hydrogen-bond donors (Lipinski definition) is 0. The van der Waals surface area contributed by atoms with Crippen molar-refractivity contribution < 1.29 is 25.2 Å². The van der Waals surface area contributed by atoms with Crippen molar-refractivity contribution >= 4 is 20.2 Å². The fourth-order valence-electron chi connectivity index (χ4n) is 2.50. The Balaban J connectivity index is 1.99. The third-order valence-corrected chi connectivity index (χ3v) is 6.73. The predicted molar refractivity (Wildman–Crippen MR) is 102 cm³/mol. The van der Waals surface area contributed by atoms with Gasteiger partial charge in [0.05, 0.1) is 22.0 Å². The Labute approximate surface area is 161 Å². The Kier molecular flexibility index (Phi) is 6.80. The zero-order chi connectivity index (χ0) is 20.2. The van der Waals surface area contributed by atoms with Crippen molar-refractivity contribution in [2.45, 2.75) is 56.1 Å². The number of hydrogen-bond acceptors (Lipinski definition) is 6. The summed E-state index contributed by atoms with van der Waals surface area (Å²) >= 11 is 0. The third-order valence-electron chi connectivity index (χ3n) is 3.87. The van der Waals surface area contributed by atoms with Gasteiger partial charge in [0.1, 0.15) is 0 Å². The van der Waals surface area contributed by atoms with Crippen LogP contribution in [0, 0.1) is 13.8 Å². The van der Waals surface area contributed by atoms with Gasteiger partial charge >= 0.3 is 0 Å². The molecular weight excluding hydrogens is 388 g/mol. The second-order valence-electron chi connectivity index (χ2n) is 6.58. The number of aryl methyl sites for hydroxylation is 2. The highest BCUT2D eigenvalue weighted by atomic mass is 32.2. The molecule has 148 valence electrons. The van der Waals surface area contributed by atoms with E-state index in [1.165, 1.54) is 24.3 Å². The van der Waals surface area contributed by atoms with Crippen molar-refractivity contribution in [1.29, 1.82) is 0 Å². The second-order valence-corrected chi connectivity index (χ2v) is 9.73. The fourth-order valence-corrected chi connectivity index (χ4v) is 4.68. The van der Waals surface area contributed by atoms with Crippen LogP contribution in [0.5, 0.6) is 0 Å². The molecule has 0 aliphatic heterocycles. The first-order chi connectivity index (χ1) is 12.5. The summed E-state index contributed by atoms with van der Waals surface area (Å²) in [7, 11) is -7.86. The molecular formula is C19H24O6S2. The highest BCUT2D eigenvalue weighted by molar-refractivity contribution is 7.87. The molecule has 2 aromatic carbocycles. The van der Waals surface area contributed by atoms with Gasteiger partial charge in [-0.1, -0.05) is 35.4 Å². The molecule has 0 aromatic heterocycles. The minimum absolute atomic E-state index is 0.0563. The molecule has 0 aliphatic carbocycles. The van der Waals surface area contributed by atoms with Gasteiger partial charge in [0.15, 0.2) is 0 Å². The molecule has 0 spiro atoms. The zero-order valence-electron chi connectivity index (χ0n) is 15.7. The van der Waals surface area contributed by atoms with E-state index in [9.17, 15) is 16.8 Å². The maximum atomic E-state index is 12.3. The smallest absolute Gasteiger partial charge is 0.263 e. The molecule has 2 aromatic rings. The summed E-state index contributed by atoms with van der Waals surface area (Å²) in [6.45, 7) is 6.83. The molecule has 27 heavy (non-hydrogen) atoms. The van der Waals surface area contributed by atoms with Crippen LogP contribution >= 0.6 is 0 Å². The third kappa shape index (κ3) is 6.14. The van der Waals surface area contributed by atoms with Gasteiger partial charge in [-0.05, 0) is 52.0 Å². The van der Waals surface area contributed by atoms with Crippen LogP contribution in [0.4, 0.5) is 0 Å². The molecule has 0 aliphatic rings. The average molecular weight is 413 g/mol. The van der Waals surface area contributed by atoms with E-state index in [0.29, 0.717) is 0 Å². The highest BCUT2D eigenvalue weighted by Gasteiger charge is 2.24. The summed E-state index contributed by atoms with van der Waals surface area (Å²) in [6, 6.07) is 12.6. The van der Waals surface area contributed by atoms with Crippen LogP contribution in [-0.4, -0.2) is 29.0 Å². The van der Waals surface area contributed by atoms with Gasteiger partial charge in [-0.15, -0.1) is 0 Å². The minimum Gasteiger partial charge on any atom is -0.263 e. The standard InChI is InChI=1S/C19H24O6S2/c1-14-5-9-18(10-6-14)26(20,21)24-16(3)13-17(4)25-27(22,23)19-11-7-15(2)8-12-19/h5-12,16-17H,13H2,1-4H3/t16-,17+. The lowest BCUT2D eigenvalue weighted by atomic mass is 10.2. The second kappa shape index (κ2) is 8.52. The fraction of sp³-hybridized carbons (Fsp3) is 0.368. The van der Waals surface area contributed by atoms with Crippen molar-refractivity contribution in [3.05, 3.63) is 59.7 Å². The molecule has 0 amide bonds. The maximum Gasteiger partial charge on any atom is 0.297 e. The van der Waals surface area contributed by atoms with E-state index in [2.05, 4.69) is 0 Å². The molecule has 0 bridgehead atoms. The van der Waals surface area contributed by atoms with E-state index in [4.69, 9.17) is 8.37 Å². The maximum absolute atomic E-state index is 12.3. The summed E-state index contributed by atoms with van der Waals surface area (Å²) in [5.41, 5.74) is 1.87. The van der Waals surface area contributed by atoms with Crippen LogP contribution in [0.25, 0.3) is 0 Å². The Morgan fingerprint density at radius 2 is 0.963 bits per heavy atom. The SMILES string of the molecule is Cc1ccc(S(=O)(=O)O[C@H](C)C[C@H](C)OS(=O)(=O)c2ccc(C)cc2)cc1. The van der Waals surface area contributed by atoms with Gasteiger partial charge in [-0.2, -0.15) is 16.8 Å². The summed E-state index contributed by atoms with van der Waals surface area (Å²) in [5, 5.41) is 0. The average Bonchev–Trinajstić information content (AvgIpc) is 2.54. The Bertz CT molecular complexity index is 880. The van der Waals surface area contributed by atoms with Gasteiger partial charge in [0.2, 0.25) is 0 Å². The molecule has 2 rings (SSSR count). The normalized spacial score (nSPS) is 14.7. The molecule has 0 saturated carbocycles. The topological polar surface area (TPSA) is 86.7 Å². The van der Waals surface area contributed by atoms with Crippen LogP contribution < -0.4 is 0 Å². The first-order valence-corrected chi connectivity index (χ1v) is 11.3. The minimum atomic E-state index is -3.93. The predicted octanol–water partition coefficient (Wildman–Crippen LogP) is 3.58. The molecule has 0 unspecified atom stereocenters. The number of benzene rings is 2. The van der Waals surface area contributed by atoms with E-state index in [1.807, 2.05) is 13.8 Å². The van der Waals surface area contributed by atoms with Gasteiger partial charge < -0.3 is 0 Å². The van der Waals surface area contributed by atoms with E-state index >= 15 is 0 Å². The molecule has 0 heterocycles. The lowest BCUT2D eigenvalue weighted by Crippen LogP contribution is -2.24. The summed E-state index contributed by atoms with van der Waals surface area (Å²) < 4.78 is 59.5. The van der Waals surface area contributed by atoms with Crippen LogP contribution in [0.15, 0.2) is 58.3 Å². The van der Waals surface area contributed by atoms with Crippen molar-refractivity contribution in [2.24, 2.45) is 0 Å². The Morgan fingerprint density at radius 1 is 0.667 bits per heavy atom. The van der Waals surface area contributed by atoms with Gasteiger partial charge in [-0.25, -0.2) is 0 Å². The lowest BCUT2D eigenvalue weighted by molar-refractivity contribution is 0.140. The molecule has 2 atom stereocenters. The molecule has 0 radical (unpaired) electrons. The van der Waals surface area contributed by atoms with Crippen LogP contribution in [0.3, 0.4) is 0 Å². The van der Waals surface area contributed by atoms with Crippen molar-refractivity contribution in [3.63, 3.8) is 0 Å². The van der Waals surface area contributed by atoms with Crippen LogP contribution in [0.1, 0.15) is 31.4 Å². The van der Waals surface area contributed by atoms with Crippen molar-refractivity contribution in [1.82, 2.24) is 0 Å². The largest absolute Gasteiger partial charge is 0.297 e. The van der Waals surface area contributed by atoms with E-state index in [0.717, 1.165) is 11.1 Å². The molecule has 0 fully saturated rings. The highest BCUT2D eigenvalue weighted by Crippen LogP contribution is 2.20. The van der Waals surface area contributed by atoms with Crippen molar-refractivity contribution in [3.8, 4) is 0 Å². The Hall–Kier alpha value is -1.74. The molecule has 6 nitrogen and oxygen atoms in total. The zero-order valence-corrected chi connectivity index (χ0v) is 17.4. The van der Waals surface area contributed by atoms with Crippen LogP contribution in [0.2, 0.25) is 0 Å². The van der Waals surface area contributed by atoms with Gasteiger partial charge in [0, 0.05) is 6.42 Å². The first-order valence-electron chi connectivity index (χ1n) is 8.49. The Morgan fingerprint density at radius 3 is 1.26 bits per heavy atom. The summed E-state index contributed by atoms with van der Waals surface area (Å²) in [6.07, 6.45) is -1.41. The monoisotopic (exact) mass is 412 g/mol. The molecule has 8 heteroatoms. The van der Waals surface area contributed by atoms with Gasteiger partial charge in [-0.3, -0.25) is 8.37 Å². The molecule has 0 saturated heterocycles. The van der Waals surface area contributed by atoms with E-state index < -0.39 is 32.4 Å². The molecule has 0 N–H and O–H groups in total. The van der Waals surface area contributed by atoms with E-state index in [1.54, 1.807) is 38.1 Å². The van der Waals surface area contributed by atoms with Crippen molar-refractivity contribution in [2.75, 3.05) is 0 Å². The summed E-state index contributed by atoms with van der Waals surface area (Å²) in [4.78, 5) is 0.113. The lowest BCUT2D eigenvalue weighted by Gasteiger charge is -2.18. The number of rotatable bonds is 8. The van der Waals surface area contributed by atoms with E-state index in [-0.39, 0.29) is 16.2 Å². The quantitative estimate of drug-likeness (QED) is 0.616. The summed E-state index contributed by atoms with van der Waals surface area (Å²) in [5.74, 6) is 0. The van der Waals surface area contributed by atoms with Gasteiger partial charge in [0.25, 0.3) is 20.2 Å². The van der Waals surface area contributed by atoms with Crippen LogP contribution in [-0.2, 0) is 28.6 Å². The first kappa shape index (κ1) is 21.6.